The number of nitrogens with one attached hydrogen (secondary N) is 1. The molecule has 22 heavy (non-hydrogen) atoms. The van der Waals surface area contributed by atoms with Crippen molar-refractivity contribution in [3.8, 4) is 0 Å². The maximum atomic E-state index is 12.5. The second-order valence-electron chi connectivity index (χ2n) is 6.94. The van der Waals surface area contributed by atoms with E-state index in [0.717, 1.165) is 12.5 Å². The Morgan fingerprint density at radius 2 is 1.59 bits per heavy atom. The molecule has 1 aromatic rings. The van der Waals surface area contributed by atoms with E-state index < -0.39 is 0 Å². The highest BCUT2D eigenvalue weighted by Gasteiger charge is 2.42. The van der Waals surface area contributed by atoms with E-state index in [2.05, 4.69) is 0 Å². The molecule has 1 saturated heterocycles. The quantitative estimate of drug-likeness (QED) is 0.841. The Hall–Kier alpha value is -1.68. The number of rotatable bonds is 2. The zero-order valence-electron chi connectivity index (χ0n) is 12.9. The van der Waals surface area contributed by atoms with Crippen LogP contribution in [-0.4, -0.2) is 36.0 Å². The highest BCUT2D eigenvalue weighted by atomic mass is 16.2. The molecule has 0 aromatic heterocycles. The molecule has 1 unspecified atom stereocenters. The van der Waals surface area contributed by atoms with E-state index in [4.69, 9.17) is 0 Å². The Labute approximate surface area is 131 Å². The van der Waals surface area contributed by atoms with Gasteiger partial charge in [-0.25, -0.2) is 4.90 Å². The van der Waals surface area contributed by atoms with Crippen LogP contribution in [0.5, 0.6) is 0 Å². The molecule has 2 amide bonds. The number of amides is 2. The van der Waals surface area contributed by atoms with Crippen molar-refractivity contribution in [2.24, 2.45) is 5.92 Å². The number of piperidine rings is 1. The van der Waals surface area contributed by atoms with E-state index in [0.29, 0.717) is 23.8 Å². The normalized spacial score (nSPS) is 31.1. The van der Waals surface area contributed by atoms with Gasteiger partial charge in [-0.15, -0.1) is 0 Å². The fourth-order valence-corrected chi connectivity index (χ4v) is 4.65. The fraction of sp³-hybridized carbons (Fsp3) is 0.556. The number of carbonyl (C=O) groups is 2. The molecule has 2 aliphatic heterocycles. The molecule has 1 saturated carbocycles. The summed E-state index contributed by atoms with van der Waals surface area (Å²) in [6.45, 7) is 1.64. The summed E-state index contributed by atoms with van der Waals surface area (Å²) in [5.41, 5.74) is 1.15. The SMILES string of the molecule is O=C1c2ccccc2C(=O)N1C[NH+]1CCC[C@@H]2CCCC[C@@H]21. The number of imide groups is 1. The van der Waals surface area contributed by atoms with E-state index in [1.54, 1.807) is 12.1 Å². The summed E-state index contributed by atoms with van der Waals surface area (Å²) in [4.78, 5) is 28.0. The summed E-state index contributed by atoms with van der Waals surface area (Å²) >= 11 is 0. The van der Waals surface area contributed by atoms with Crippen LogP contribution in [0.15, 0.2) is 24.3 Å². The lowest BCUT2D eigenvalue weighted by Gasteiger charge is -2.42. The maximum Gasteiger partial charge on any atom is 0.265 e. The maximum absolute atomic E-state index is 12.5. The van der Waals surface area contributed by atoms with Gasteiger partial charge >= 0.3 is 0 Å². The molecule has 3 atom stereocenters. The van der Waals surface area contributed by atoms with Gasteiger partial charge in [-0.05, 0) is 44.2 Å². The molecule has 3 aliphatic rings. The highest BCUT2D eigenvalue weighted by molar-refractivity contribution is 6.21. The van der Waals surface area contributed by atoms with E-state index >= 15 is 0 Å². The lowest BCUT2D eigenvalue weighted by Crippen LogP contribution is -3.19. The molecule has 4 heteroatoms. The molecule has 116 valence electrons. The minimum Gasteiger partial charge on any atom is -0.315 e. The molecule has 2 fully saturated rings. The molecule has 1 aromatic carbocycles. The number of benzene rings is 1. The van der Waals surface area contributed by atoms with Gasteiger partial charge in [0.1, 0.15) is 0 Å². The third kappa shape index (κ3) is 2.17. The number of hydrogen-bond donors (Lipinski definition) is 1. The lowest BCUT2D eigenvalue weighted by atomic mass is 9.78. The van der Waals surface area contributed by atoms with Crippen molar-refractivity contribution < 1.29 is 14.5 Å². The third-order valence-electron chi connectivity index (χ3n) is 5.75. The molecule has 1 aliphatic carbocycles. The second kappa shape index (κ2) is 5.51. The topological polar surface area (TPSA) is 41.8 Å². The summed E-state index contributed by atoms with van der Waals surface area (Å²) < 4.78 is 0. The van der Waals surface area contributed by atoms with Gasteiger partial charge in [0.2, 0.25) is 0 Å². The van der Waals surface area contributed by atoms with Crippen molar-refractivity contribution in [1.82, 2.24) is 4.90 Å². The van der Waals surface area contributed by atoms with E-state index in [9.17, 15) is 9.59 Å². The average Bonchev–Trinajstić information content (AvgIpc) is 2.81. The number of quaternary nitrogens is 1. The lowest BCUT2D eigenvalue weighted by molar-refractivity contribution is -0.942. The van der Waals surface area contributed by atoms with Gasteiger partial charge in [-0.2, -0.15) is 0 Å². The van der Waals surface area contributed by atoms with E-state index in [-0.39, 0.29) is 11.8 Å². The Morgan fingerprint density at radius 1 is 0.955 bits per heavy atom. The van der Waals surface area contributed by atoms with Gasteiger partial charge in [-0.3, -0.25) is 9.59 Å². The van der Waals surface area contributed by atoms with Crippen molar-refractivity contribution in [3.63, 3.8) is 0 Å². The first kappa shape index (κ1) is 13.9. The van der Waals surface area contributed by atoms with Crippen LogP contribution in [-0.2, 0) is 0 Å². The number of nitrogens with zero attached hydrogens (tertiary/aromatic N) is 1. The van der Waals surface area contributed by atoms with Crippen LogP contribution in [0, 0.1) is 5.92 Å². The summed E-state index contributed by atoms with van der Waals surface area (Å²) in [7, 11) is 0. The molecule has 2 heterocycles. The zero-order valence-corrected chi connectivity index (χ0v) is 12.9. The molecule has 4 rings (SSSR count). The largest absolute Gasteiger partial charge is 0.315 e. The van der Waals surface area contributed by atoms with Crippen molar-refractivity contribution in [2.45, 2.75) is 44.6 Å². The van der Waals surface area contributed by atoms with Crippen LogP contribution in [0.2, 0.25) is 0 Å². The first-order valence-corrected chi connectivity index (χ1v) is 8.55. The predicted octanol–water partition coefficient (Wildman–Crippen LogP) is 1.48. The summed E-state index contributed by atoms with van der Waals surface area (Å²) in [5, 5.41) is 0. The average molecular weight is 299 g/mol. The number of carbonyl (C=O) groups excluding carboxylic acids is 2. The van der Waals surface area contributed by atoms with Gasteiger partial charge in [0, 0.05) is 5.92 Å². The first-order valence-electron chi connectivity index (χ1n) is 8.55. The number of hydrogen-bond acceptors (Lipinski definition) is 2. The monoisotopic (exact) mass is 299 g/mol. The second-order valence-corrected chi connectivity index (χ2v) is 6.94. The van der Waals surface area contributed by atoms with Crippen LogP contribution in [0.1, 0.15) is 59.2 Å². The number of likely N-dealkylation sites (tertiary alicyclic amines) is 1. The Morgan fingerprint density at radius 3 is 2.32 bits per heavy atom. The highest BCUT2D eigenvalue weighted by Crippen LogP contribution is 2.29. The molecule has 4 nitrogen and oxygen atoms in total. The van der Waals surface area contributed by atoms with Crippen molar-refractivity contribution in [1.29, 1.82) is 0 Å². The van der Waals surface area contributed by atoms with Crippen LogP contribution in [0.25, 0.3) is 0 Å². The third-order valence-corrected chi connectivity index (χ3v) is 5.75. The molecular weight excluding hydrogens is 276 g/mol. The van der Waals surface area contributed by atoms with Crippen molar-refractivity contribution in [2.75, 3.05) is 13.2 Å². The van der Waals surface area contributed by atoms with Gasteiger partial charge in [0.05, 0.1) is 23.7 Å². The Balaban J connectivity index is 1.54. The fourth-order valence-electron chi connectivity index (χ4n) is 4.65. The van der Waals surface area contributed by atoms with E-state index in [1.165, 1.54) is 48.3 Å². The molecular formula is C18H23N2O2+. The zero-order chi connectivity index (χ0) is 15.1. The molecule has 0 bridgehead atoms. The minimum atomic E-state index is -0.106. The van der Waals surface area contributed by atoms with E-state index in [1.807, 2.05) is 12.1 Å². The number of fused-ring (bicyclic) bond motifs is 2. The standard InChI is InChI=1S/C18H22N2O2/c21-17-14-8-2-3-9-15(14)18(22)20(17)12-19-11-5-7-13-6-1-4-10-16(13)19/h2-3,8-9,13,16H,1,4-7,10-12H2/p+1/t13-,16-/m0/s1. The summed E-state index contributed by atoms with van der Waals surface area (Å²) in [5.74, 6) is 0.588. The first-order chi connectivity index (χ1) is 10.8. The Bertz CT molecular complexity index is 576. The summed E-state index contributed by atoms with van der Waals surface area (Å²) in [6.07, 6.45) is 7.78. The summed E-state index contributed by atoms with van der Waals surface area (Å²) in [6, 6.07) is 7.85. The molecule has 1 N–H and O–H groups in total. The van der Waals surface area contributed by atoms with Gasteiger partial charge in [0.15, 0.2) is 6.67 Å². The smallest absolute Gasteiger partial charge is 0.265 e. The predicted molar refractivity (Wildman–Crippen MR) is 82.6 cm³/mol. The van der Waals surface area contributed by atoms with Crippen LogP contribution >= 0.6 is 0 Å². The molecule has 0 radical (unpaired) electrons. The van der Waals surface area contributed by atoms with Gasteiger partial charge < -0.3 is 4.90 Å². The Kier molecular flexibility index (Phi) is 3.49. The minimum absolute atomic E-state index is 0.106. The van der Waals surface area contributed by atoms with Gasteiger partial charge in [0.25, 0.3) is 11.8 Å². The van der Waals surface area contributed by atoms with Crippen molar-refractivity contribution in [3.05, 3.63) is 35.4 Å². The molecule has 0 spiro atoms. The van der Waals surface area contributed by atoms with Crippen LogP contribution in [0.3, 0.4) is 0 Å². The van der Waals surface area contributed by atoms with Crippen LogP contribution in [0.4, 0.5) is 0 Å². The van der Waals surface area contributed by atoms with Crippen LogP contribution < -0.4 is 4.90 Å². The van der Waals surface area contributed by atoms with Gasteiger partial charge in [-0.1, -0.05) is 18.6 Å². The van der Waals surface area contributed by atoms with Crippen molar-refractivity contribution >= 4 is 11.8 Å².